The molecule has 0 amide bonds. The lowest BCUT2D eigenvalue weighted by atomic mass is 9.94. The Hall–Kier alpha value is -4.02. The predicted octanol–water partition coefficient (Wildman–Crippen LogP) is 3.77. The number of nitrogens with zero attached hydrogens (tertiary/aromatic N) is 5. The molecule has 0 aliphatic carbocycles. The highest BCUT2D eigenvalue weighted by molar-refractivity contribution is 7.89. The fourth-order valence-electron chi connectivity index (χ4n) is 5.02. The molecule has 5 aromatic rings. The van der Waals surface area contributed by atoms with E-state index in [0.717, 1.165) is 28.2 Å². The molecule has 6 rings (SSSR count). The number of anilines is 1. The highest BCUT2D eigenvalue weighted by Gasteiger charge is 2.31. The van der Waals surface area contributed by atoms with E-state index in [1.807, 2.05) is 66.9 Å². The standard InChI is InChI=1S/C29H27BN6O2S/c30-26-20-33-36-28(32-19-21-5-4-14-31-18-21)17-27(34-29(26)36)24-12-15-35(16-13-24)39(37,38)25-10-8-23(9-11-25)22-6-2-1-3-7-22/h1-11,14,17-18,20,24,32H,12-13,15-16,19H2. The molecule has 0 unspecified atom stereocenters. The zero-order valence-corrected chi connectivity index (χ0v) is 22.1. The van der Waals surface area contributed by atoms with Crippen LogP contribution in [0.4, 0.5) is 5.82 Å². The van der Waals surface area contributed by atoms with Crippen molar-refractivity contribution in [2.75, 3.05) is 18.4 Å². The van der Waals surface area contributed by atoms with Crippen LogP contribution in [0.1, 0.15) is 30.0 Å². The second-order valence-corrected chi connectivity index (χ2v) is 11.6. The molecular formula is C29H27BN6O2S. The Kier molecular flexibility index (Phi) is 6.89. The number of aromatic nitrogens is 4. The molecular weight excluding hydrogens is 507 g/mol. The van der Waals surface area contributed by atoms with E-state index in [9.17, 15) is 8.42 Å². The van der Waals surface area contributed by atoms with Crippen molar-refractivity contribution >= 4 is 34.8 Å². The van der Waals surface area contributed by atoms with Crippen LogP contribution in [-0.2, 0) is 16.6 Å². The molecule has 4 heterocycles. The van der Waals surface area contributed by atoms with Crippen LogP contribution in [0, 0.1) is 0 Å². The molecule has 2 aromatic carbocycles. The van der Waals surface area contributed by atoms with Crippen molar-refractivity contribution in [3.05, 3.63) is 103 Å². The molecule has 10 heteroatoms. The molecule has 194 valence electrons. The van der Waals surface area contributed by atoms with Crippen LogP contribution in [0.5, 0.6) is 0 Å². The fourth-order valence-corrected chi connectivity index (χ4v) is 6.49. The van der Waals surface area contributed by atoms with E-state index in [-0.39, 0.29) is 5.92 Å². The maximum Gasteiger partial charge on any atom is 0.243 e. The third-order valence-corrected chi connectivity index (χ3v) is 9.10. The summed E-state index contributed by atoms with van der Waals surface area (Å²) in [6, 6.07) is 22.9. The molecule has 8 nitrogen and oxygen atoms in total. The van der Waals surface area contributed by atoms with Crippen LogP contribution in [0.25, 0.3) is 16.8 Å². The van der Waals surface area contributed by atoms with Crippen molar-refractivity contribution in [3.63, 3.8) is 0 Å². The molecule has 3 aromatic heterocycles. The second-order valence-electron chi connectivity index (χ2n) is 9.69. The van der Waals surface area contributed by atoms with E-state index in [2.05, 4.69) is 15.4 Å². The van der Waals surface area contributed by atoms with Gasteiger partial charge in [-0.2, -0.15) is 13.9 Å². The van der Waals surface area contributed by atoms with Crippen molar-refractivity contribution in [1.82, 2.24) is 23.9 Å². The summed E-state index contributed by atoms with van der Waals surface area (Å²) >= 11 is 0. The molecule has 0 atom stereocenters. The molecule has 1 N–H and O–H groups in total. The number of rotatable bonds is 7. The second kappa shape index (κ2) is 10.6. The minimum atomic E-state index is -3.59. The van der Waals surface area contributed by atoms with E-state index >= 15 is 0 Å². The Labute approximate surface area is 229 Å². The summed E-state index contributed by atoms with van der Waals surface area (Å²) < 4.78 is 30.1. The van der Waals surface area contributed by atoms with Gasteiger partial charge in [-0.15, -0.1) is 0 Å². The predicted molar refractivity (Wildman–Crippen MR) is 153 cm³/mol. The molecule has 0 saturated carbocycles. The number of pyridine rings is 1. The zero-order chi connectivity index (χ0) is 26.8. The first kappa shape index (κ1) is 25.3. The average Bonchev–Trinajstić information content (AvgIpc) is 3.37. The lowest BCUT2D eigenvalue weighted by Gasteiger charge is -2.31. The molecule has 1 aliphatic heterocycles. The Bertz CT molecular complexity index is 1690. The van der Waals surface area contributed by atoms with Gasteiger partial charge in [-0.25, -0.2) is 13.4 Å². The lowest BCUT2D eigenvalue weighted by Crippen LogP contribution is -2.38. The average molecular weight is 534 g/mol. The van der Waals surface area contributed by atoms with Crippen LogP contribution >= 0.6 is 0 Å². The van der Waals surface area contributed by atoms with Crippen LogP contribution < -0.4 is 10.8 Å². The number of benzene rings is 2. The quantitative estimate of drug-likeness (QED) is 0.320. The molecule has 0 spiro atoms. The summed E-state index contributed by atoms with van der Waals surface area (Å²) in [5.74, 6) is 0.888. The number of sulfonamides is 1. The van der Waals surface area contributed by atoms with Crippen LogP contribution in [0.2, 0.25) is 0 Å². The molecule has 1 fully saturated rings. The van der Waals surface area contributed by atoms with Gasteiger partial charge in [0.1, 0.15) is 19.3 Å². The van der Waals surface area contributed by atoms with E-state index in [1.165, 1.54) is 0 Å². The maximum atomic E-state index is 13.4. The molecule has 1 aliphatic rings. The number of hydrogen-bond donors (Lipinski definition) is 1. The summed E-state index contributed by atoms with van der Waals surface area (Å²) in [5.41, 5.74) is 5.06. The van der Waals surface area contributed by atoms with Gasteiger partial charge >= 0.3 is 0 Å². The van der Waals surface area contributed by atoms with E-state index in [1.54, 1.807) is 33.3 Å². The fraction of sp³-hybridized carbons (Fsp3) is 0.207. The molecule has 2 radical (unpaired) electrons. The topological polar surface area (TPSA) is 92.5 Å². The van der Waals surface area contributed by atoms with E-state index < -0.39 is 10.0 Å². The van der Waals surface area contributed by atoms with Crippen molar-refractivity contribution in [2.45, 2.75) is 30.2 Å². The van der Waals surface area contributed by atoms with Gasteiger partial charge in [0.2, 0.25) is 10.0 Å². The first-order chi connectivity index (χ1) is 19.0. The van der Waals surface area contributed by atoms with Gasteiger partial charge in [0.25, 0.3) is 0 Å². The normalized spacial score (nSPS) is 15.0. The lowest BCUT2D eigenvalue weighted by molar-refractivity contribution is 0.317. The number of hydrogen-bond acceptors (Lipinski definition) is 6. The Morgan fingerprint density at radius 2 is 1.67 bits per heavy atom. The van der Waals surface area contributed by atoms with Gasteiger partial charge < -0.3 is 5.32 Å². The highest BCUT2D eigenvalue weighted by Crippen LogP contribution is 2.32. The minimum Gasteiger partial charge on any atom is -0.366 e. The van der Waals surface area contributed by atoms with Gasteiger partial charge in [-0.1, -0.05) is 48.5 Å². The third-order valence-electron chi connectivity index (χ3n) is 7.19. The van der Waals surface area contributed by atoms with E-state index in [0.29, 0.717) is 48.5 Å². The molecule has 0 bridgehead atoms. The summed E-state index contributed by atoms with van der Waals surface area (Å²) in [4.78, 5) is 9.30. The first-order valence-electron chi connectivity index (χ1n) is 12.9. The number of nitrogens with one attached hydrogen (secondary N) is 1. The number of fused-ring (bicyclic) bond motifs is 1. The summed E-state index contributed by atoms with van der Waals surface area (Å²) in [6.07, 6.45) is 6.49. The minimum absolute atomic E-state index is 0.107. The van der Waals surface area contributed by atoms with Crippen molar-refractivity contribution in [3.8, 4) is 11.1 Å². The van der Waals surface area contributed by atoms with Crippen LogP contribution in [-0.4, -0.2) is 53.2 Å². The van der Waals surface area contributed by atoms with Gasteiger partial charge in [-0.3, -0.25) is 4.98 Å². The molecule has 39 heavy (non-hydrogen) atoms. The van der Waals surface area contributed by atoms with Crippen LogP contribution in [0.15, 0.2) is 96.3 Å². The van der Waals surface area contributed by atoms with E-state index in [4.69, 9.17) is 12.8 Å². The smallest absolute Gasteiger partial charge is 0.243 e. The summed E-state index contributed by atoms with van der Waals surface area (Å²) in [6.45, 7) is 1.42. The number of piperidine rings is 1. The zero-order valence-electron chi connectivity index (χ0n) is 21.3. The summed E-state index contributed by atoms with van der Waals surface area (Å²) in [5, 5.41) is 7.81. The monoisotopic (exact) mass is 534 g/mol. The van der Waals surface area contributed by atoms with Crippen molar-refractivity contribution in [2.24, 2.45) is 0 Å². The van der Waals surface area contributed by atoms with Gasteiger partial charge in [-0.05, 0) is 53.2 Å². The van der Waals surface area contributed by atoms with Gasteiger partial charge in [0.15, 0.2) is 0 Å². The van der Waals surface area contributed by atoms with Crippen LogP contribution in [0.3, 0.4) is 0 Å². The SMILES string of the molecule is [B]c1cnn2c(NCc3cccnc3)cc(C3CCN(S(=O)(=O)c4ccc(-c5ccccc5)cc4)CC3)nc12. The first-order valence-corrected chi connectivity index (χ1v) is 14.4. The molecule has 1 saturated heterocycles. The van der Waals surface area contributed by atoms with Crippen molar-refractivity contribution < 1.29 is 8.42 Å². The van der Waals surface area contributed by atoms with Crippen molar-refractivity contribution in [1.29, 1.82) is 0 Å². The Balaban J connectivity index is 1.18. The van der Waals surface area contributed by atoms with Gasteiger partial charge in [0.05, 0.1) is 4.90 Å². The maximum absolute atomic E-state index is 13.4. The third kappa shape index (κ3) is 5.17. The Morgan fingerprint density at radius 1 is 0.923 bits per heavy atom. The van der Waals surface area contributed by atoms with Gasteiger partial charge in [0, 0.05) is 55.9 Å². The summed E-state index contributed by atoms with van der Waals surface area (Å²) in [7, 11) is 2.59. The Morgan fingerprint density at radius 3 is 2.38 bits per heavy atom. The highest BCUT2D eigenvalue weighted by atomic mass is 32.2. The largest absolute Gasteiger partial charge is 0.366 e.